The molecule has 5 heteroatoms. The number of aromatic nitrogens is 2. The van der Waals surface area contributed by atoms with E-state index < -0.39 is 12.0 Å². The Hall–Kier alpha value is -2.14. The highest BCUT2D eigenvalue weighted by Gasteiger charge is 2.10. The van der Waals surface area contributed by atoms with Crippen LogP contribution in [0, 0.1) is 0 Å². The zero-order valence-electron chi connectivity index (χ0n) is 12.0. The van der Waals surface area contributed by atoms with Crippen molar-refractivity contribution in [1.29, 1.82) is 0 Å². The molecular weight excluding hydrogens is 266 g/mol. The predicted molar refractivity (Wildman–Crippen MR) is 81.3 cm³/mol. The van der Waals surface area contributed by atoms with Crippen LogP contribution in [0.4, 0.5) is 0 Å². The van der Waals surface area contributed by atoms with E-state index in [9.17, 15) is 4.79 Å². The molecule has 5 nitrogen and oxygen atoms in total. The first-order valence-corrected chi connectivity index (χ1v) is 7.23. The number of aryl methyl sites for hydroxylation is 1. The van der Waals surface area contributed by atoms with E-state index in [0.717, 1.165) is 31.4 Å². The number of para-hydroxylation sites is 1. The Kier molecular flexibility index (Phi) is 5.51. The van der Waals surface area contributed by atoms with Crippen LogP contribution in [0.2, 0.25) is 0 Å². The van der Waals surface area contributed by atoms with Gasteiger partial charge in [-0.1, -0.05) is 31.0 Å². The Morgan fingerprint density at radius 2 is 2.00 bits per heavy atom. The first-order valence-electron chi connectivity index (χ1n) is 7.23. The lowest BCUT2D eigenvalue weighted by Gasteiger charge is -2.08. The van der Waals surface area contributed by atoms with Crippen molar-refractivity contribution in [2.45, 2.75) is 38.1 Å². The molecule has 1 atom stereocenters. The molecule has 3 N–H and O–H groups in total. The molecule has 0 radical (unpaired) electrons. The number of benzene rings is 1. The van der Waals surface area contributed by atoms with Gasteiger partial charge in [-0.05, 0) is 31.4 Å². The molecule has 0 aliphatic rings. The summed E-state index contributed by atoms with van der Waals surface area (Å²) in [5, 5.41) is 8.71. The van der Waals surface area contributed by atoms with E-state index >= 15 is 0 Å². The van der Waals surface area contributed by atoms with Crippen molar-refractivity contribution in [3.8, 4) is 5.69 Å². The van der Waals surface area contributed by atoms with E-state index in [2.05, 4.69) is 21.7 Å². The molecule has 0 saturated heterocycles. The van der Waals surface area contributed by atoms with Crippen LogP contribution in [-0.2, 0) is 11.2 Å². The fourth-order valence-electron chi connectivity index (χ4n) is 2.30. The molecule has 0 saturated carbocycles. The third-order valence-corrected chi connectivity index (χ3v) is 3.51. The molecule has 1 aromatic carbocycles. The van der Waals surface area contributed by atoms with Crippen LogP contribution in [0.15, 0.2) is 42.9 Å². The van der Waals surface area contributed by atoms with Gasteiger partial charge in [0, 0.05) is 17.6 Å². The molecular formula is C16H21N3O2. The third kappa shape index (κ3) is 4.43. The second-order valence-electron chi connectivity index (χ2n) is 5.13. The molecule has 0 aliphatic carbocycles. The molecule has 112 valence electrons. The summed E-state index contributed by atoms with van der Waals surface area (Å²) in [5.74, 6) is -0.919. The SMILES string of the molecule is N[C@@H](CCCCCc1cncn1-c1ccccc1)C(=O)O. The number of imidazole rings is 1. The molecule has 1 aromatic heterocycles. The van der Waals surface area contributed by atoms with Crippen LogP contribution < -0.4 is 5.73 Å². The average Bonchev–Trinajstić information content (AvgIpc) is 2.96. The minimum absolute atomic E-state index is 0.535. The molecule has 1 heterocycles. The van der Waals surface area contributed by atoms with Gasteiger partial charge in [0.2, 0.25) is 0 Å². The second kappa shape index (κ2) is 7.59. The van der Waals surface area contributed by atoms with Crippen LogP contribution in [0.3, 0.4) is 0 Å². The highest BCUT2D eigenvalue weighted by molar-refractivity contribution is 5.72. The van der Waals surface area contributed by atoms with Crippen molar-refractivity contribution in [1.82, 2.24) is 9.55 Å². The van der Waals surface area contributed by atoms with Crippen molar-refractivity contribution in [3.63, 3.8) is 0 Å². The third-order valence-electron chi connectivity index (χ3n) is 3.51. The molecule has 0 fully saturated rings. The minimum atomic E-state index is -0.919. The molecule has 0 amide bonds. The Morgan fingerprint density at radius 1 is 1.24 bits per heavy atom. The monoisotopic (exact) mass is 287 g/mol. The van der Waals surface area contributed by atoms with Gasteiger partial charge >= 0.3 is 5.97 Å². The predicted octanol–water partition coefficient (Wildman–Crippen LogP) is 2.39. The first kappa shape index (κ1) is 15.3. The Bertz CT molecular complexity index is 566. The van der Waals surface area contributed by atoms with Gasteiger partial charge < -0.3 is 15.4 Å². The highest BCUT2D eigenvalue weighted by Crippen LogP contribution is 2.14. The number of carboxylic acid groups (broad SMARTS) is 1. The maximum absolute atomic E-state index is 10.6. The van der Waals surface area contributed by atoms with Crippen molar-refractivity contribution in [2.75, 3.05) is 0 Å². The van der Waals surface area contributed by atoms with Gasteiger partial charge in [-0.15, -0.1) is 0 Å². The van der Waals surface area contributed by atoms with Crippen LogP contribution in [0.25, 0.3) is 5.69 Å². The maximum Gasteiger partial charge on any atom is 0.320 e. The fourth-order valence-corrected chi connectivity index (χ4v) is 2.30. The van der Waals surface area contributed by atoms with Gasteiger partial charge in [-0.3, -0.25) is 4.79 Å². The van der Waals surface area contributed by atoms with Crippen molar-refractivity contribution < 1.29 is 9.90 Å². The standard InChI is InChI=1S/C16H21N3O2/c17-15(16(20)21)10-6-2-5-9-14-11-18-12-19(14)13-7-3-1-4-8-13/h1,3-4,7-8,11-12,15H,2,5-6,9-10,17H2,(H,20,21)/t15-/m0/s1. The first-order chi connectivity index (χ1) is 10.2. The van der Waals surface area contributed by atoms with E-state index in [0.29, 0.717) is 6.42 Å². The van der Waals surface area contributed by atoms with Crippen molar-refractivity contribution in [2.24, 2.45) is 5.73 Å². The highest BCUT2D eigenvalue weighted by atomic mass is 16.4. The van der Waals surface area contributed by atoms with Crippen molar-refractivity contribution >= 4 is 5.97 Å². The lowest BCUT2D eigenvalue weighted by atomic mass is 10.1. The zero-order valence-corrected chi connectivity index (χ0v) is 12.0. The number of rotatable bonds is 8. The smallest absolute Gasteiger partial charge is 0.320 e. The van der Waals surface area contributed by atoms with Crippen LogP contribution in [-0.4, -0.2) is 26.7 Å². The molecule has 2 aromatic rings. The summed E-state index contributed by atoms with van der Waals surface area (Å²) in [6.07, 6.45) is 7.99. The average molecular weight is 287 g/mol. The Labute approximate surface area is 124 Å². The van der Waals surface area contributed by atoms with Crippen molar-refractivity contribution in [3.05, 3.63) is 48.5 Å². The molecule has 0 bridgehead atoms. The zero-order chi connectivity index (χ0) is 15.1. The normalized spacial score (nSPS) is 12.2. The summed E-state index contributed by atoms with van der Waals surface area (Å²) in [6.45, 7) is 0. The van der Waals surface area contributed by atoms with Crippen LogP contribution >= 0.6 is 0 Å². The Balaban J connectivity index is 1.80. The van der Waals surface area contributed by atoms with Gasteiger partial charge in [0.05, 0.1) is 6.33 Å². The second-order valence-corrected chi connectivity index (χ2v) is 5.13. The number of aliphatic carboxylic acids is 1. The molecule has 0 aliphatic heterocycles. The van der Waals surface area contributed by atoms with E-state index in [-0.39, 0.29) is 0 Å². The van der Waals surface area contributed by atoms with E-state index in [1.807, 2.05) is 30.7 Å². The lowest BCUT2D eigenvalue weighted by molar-refractivity contribution is -0.138. The summed E-state index contributed by atoms with van der Waals surface area (Å²) < 4.78 is 2.09. The van der Waals surface area contributed by atoms with Gasteiger partial charge in [-0.25, -0.2) is 4.98 Å². The van der Waals surface area contributed by atoms with Gasteiger partial charge in [0.15, 0.2) is 0 Å². The fraction of sp³-hybridized carbons (Fsp3) is 0.375. The van der Waals surface area contributed by atoms with E-state index in [1.165, 1.54) is 5.69 Å². The summed E-state index contributed by atoms with van der Waals surface area (Å²) in [6, 6.07) is 9.37. The molecule has 2 rings (SSSR count). The van der Waals surface area contributed by atoms with Crippen LogP contribution in [0.1, 0.15) is 31.4 Å². The maximum atomic E-state index is 10.6. The lowest BCUT2D eigenvalue weighted by Crippen LogP contribution is -2.29. The number of hydrogen-bond acceptors (Lipinski definition) is 3. The molecule has 0 unspecified atom stereocenters. The number of unbranched alkanes of at least 4 members (excludes halogenated alkanes) is 2. The van der Waals surface area contributed by atoms with Gasteiger partial charge in [-0.2, -0.15) is 0 Å². The van der Waals surface area contributed by atoms with E-state index in [1.54, 1.807) is 0 Å². The number of nitrogens with two attached hydrogens (primary N) is 1. The largest absolute Gasteiger partial charge is 0.480 e. The summed E-state index contributed by atoms with van der Waals surface area (Å²) in [7, 11) is 0. The summed E-state index contributed by atoms with van der Waals surface area (Å²) in [4.78, 5) is 14.8. The van der Waals surface area contributed by atoms with E-state index in [4.69, 9.17) is 10.8 Å². The summed E-state index contributed by atoms with van der Waals surface area (Å²) in [5.41, 5.74) is 7.76. The topological polar surface area (TPSA) is 81.1 Å². The van der Waals surface area contributed by atoms with Gasteiger partial charge in [0.1, 0.15) is 6.04 Å². The minimum Gasteiger partial charge on any atom is -0.480 e. The molecule has 0 spiro atoms. The summed E-state index contributed by atoms with van der Waals surface area (Å²) >= 11 is 0. The Morgan fingerprint density at radius 3 is 2.71 bits per heavy atom. The number of carboxylic acids is 1. The number of carbonyl (C=O) groups is 1. The van der Waals surface area contributed by atoms with Gasteiger partial charge in [0.25, 0.3) is 0 Å². The molecule has 21 heavy (non-hydrogen) atoms. The van der Waals surface area contributed by atoms with Crippen LogP contribution in [0.5, 0.6) is 0 Å². The quantitative estimate of drug-likeness (QED) is 0.730. The number of hydrogen-bond donors (Lipinski definition) is 2. The number of nitrogens with zero attached hydrogens (tertiary/aromatic N) is 2.